The van der Waals surface area contributed by atoms with E-state index in [1.807, 2.05) is 0 Å². The Kier molecular flexibility index (Phi) is 10.9. The van der Waals surface area contributed by atoms with Crippen LogP contribution >= 0.6 is 0 Å². The lowest BCUT2D eigenvalue weighted by atomic mass is 9.68. The Bertz CT molecular complexity index is 1160. The second-order valence-corrected chi connectivity index (χ2v) is 10.5. The molecule has 1 aliphatic carbocycles. The predicted molar refractivity (Wildman–Crippen MR) is 125 cm³/mol. The minimum absolute atomic E-state index is 0.000871. The van der Waals surface area contributed by atoms with E-state index < -0.39 is 94.2 Å². The van der Waals surface area contributed by atoms with Crippen LogP contribution < -0.4 is 0 Å². The van der Waals surface area contributed by atoms with Gasteiger partial charge in [-0.05, 0) is 73.1 Å². The summed E-state index contributed by atoms with van der Waals surface area (Å²) in [5.74, 6) is -2.87. The quantitative estimate of drug-likeness (QED) is 0.246. The van der Waals surface area contributed by atoms with E-state index in [4.69, 9.17) is 13.1 Å². The molecule has 0 aliphatic heterocycles. The first kappa shape index (κ1) is 32.6. The molecular weight excluding hydrogens is 597 g/mol. The van der Waals surface area contributed by atoms with Gasteiger partial charge in [0.25, 0.3) is 0 Å². The molecule has 0 spiro atoms. The molecule has 3 rings (SSSR count). The van der Waals surface area contributed by atoms with Gasteiger partial charge in [-0.15, -0.1) is 0 Å². The summed E-state index contributed by atoms with van der Waals surface area (Å²) < 4.78 is 154. The van der Waals surface area contributed by atoms with Gasteiger partial charge in [0.15, 0.2) is 0 Å². The van der Waals surface area contributed by atoms with Crippen LogP contribution in [0.1, 0.15) is 54.0 Å². The summed E-state index contributed by atoms with van der Waals surface area (Å²) in [6.07, 6.45) is -12.0. The largest absolute Gasteiger partial charge is 0.750 e. The minimum atomic E-state index is -5.07. The monoisotopic (exact) mass is 620 g/mol. The summed E-state index contributed by atoms with van der Waals surface area (Å²) >= 11 is -5.86. The maximum Gasteiger partial charge on any atom is 0.416 e. The van der Waals surface area contributed by atoms with Gasteiger partial charge >= 0.3 is 12.4 Å². The van der Waals surface area contributed by atoms with E-state index in [2.05, 4.69) is 0 Å². The zero-order valence-corrected chi connectivity index (χ0v) is 22.2. The zero-order chi connectivity index (χ0) is 29.8. The molecule has 224 valence electrons. The van der Waals surface area contributed by atoms with Crippen molar-refractivity contribution >= 4 is 22.7 Å². The van der Waals surface area contributed by atoms with Crippen molar-refractivity contribution in [2.24, 2.45) is 11.8 Å². The van der Waals surface area contributed by atoms with Crippen molar-refractivity contribution in [3.8, 4) is 0 Å². The van der Waals surface area contributed by atoms with E-state index in [0.29, 0.717) is 17.7 Å². The molecule has 0 saturated heterocycles. The van der Waals surface area contributed by atoms with E-state index in [1.165, 1.54) is 19.1 Å². The number of ether oxygens (including phenoxy) is 1. The summed E-state index contributed by atoms with van der Waals surface area (Å²) in [4.78, 5) is 0. The average Bonchev–Trinajstić information content (AvgIpc) is 2.85. The van der Waals surface area contributed by atoms with Gasteiger partial charge in [0, 0.05) is 5.92 Å². The van der Waals surface area contributed by atoms with Crippen LogP contribution in [0, 0.1) is 17.7 Å². The zero-order valence-electron chi connectivity index (χ0n) is 20.6. The van der Waals surface area contributed by atoms with Crippen LogP contribution in [0.5, 0.6) is 0 Å². The third-order valence-corrected chi connectivity index (χ3v) is 7.39. The molecule has 0 bridgehead atoms. The normalized spacial score (nSPS) is 24.4. The Morgan fingerprint density at radius 3 is 1.90 bits per heavy atom. The first-order valence-corrected chi connectivity index (χ1v) is 13.7. The van der Waals surface area contributed by atoms with Gasteiger partial charge in [-0.2, -0.15) is 26.3 Å². The number of hydrogen-bond acceptors (Lipinski definition) is 7. The van der Waals surface area contributed by atoms with Crippen LogP contribution in [0.15, 0.2) is 42.5 Å². The molecule has 1 fully saturated rings. The molecule has 0 amide bonds. The topological polar surface area (TPSA) is 108 Å². The van der Waals surface area contributed by atoms with E-state index in [0.717, 1.165) is 12.1 Å². The second-order valence-electron chi connectivity index (χ2n) is 9.21. The third kappa shape index (κ3) is 8.77. The Morgan fingerprint density at radius 1 is 0.875 bits per heavy atom. The van der Waals surface area contributed by atoms with Crippen molar-refractivity contribution in [3.05, 3.63) is 70.5 Å². The lowest BCUT2D eigenvalue weighted by Crippen LogP contribution is -2.42. The minimum Gasteiger partial charge on any atom is -0.750 e. The highest BCUT2D eigenvalue weighted by Gasteiger charge is 2.43. The molecular formula is C24H23F7O7S2-2. The number of alkyl halides is 6. The number of benzene rings is 2. The van der Waals surface area contributed by atoms with Gasteiger partial charge < -0.3 is 22.2 Å². The Morgan fingerprint density at radius 2 is 1.40 bits per heavy atom. The SMILES string of the molecule is C[C@@H](O[C@H]1CC[C@H](COS(=O)[O-])[C@@H](COS(=O)[O-])[C@@H]1c1ccc(F)cc1)c1cc(C(F)(F)F)cc(C(F)(F)F)c1. The molecule has 1 saturated carbocycles. The fourth-order valence-corrected chi connectivity index (χ4v) is 5.47. The van der Waals surface area contributed by atoms with Gasteiger partial charge in [0.05, 0.1) is 59.3 Å². The molecule has 2 aromatic carbocycles. The Labute approximate surface area is 230 Å². The van der Waals surface area contributed by atoms with Crippen molar-refractivity contribution in [1.82, 2.24) is 0 Å². The van der Waals surface area contributed by atoms with Crippen LogP contribution in [0.3, 0.4) is 0 Å². The lowest BCUT2D eigenvalue weighted by Gasteiger charge is -2.44. The number of halogens is 7. The van der Waals surface area contributed by atoms with Crippen molar-refractivity contribution in [2.45, 2.75) is 50.2 Å². The third-order valence-electron chi connectivity index (χ3n) is 6.74. The summed E-state index contributed by atoms with van der Waals surface area (Å²) in [5.41, 5.74) is -3.03. The predicted octanol–water partition coefficient (Wildman–Crippen LogP) is 5.74. The van der Waals surface area contributed by atoms with Crippen LogP contribution in [-0.4, -0.2) is 36.8 Å². The smallest absolute Gasteiger partial charge is 0.416 e. The first-order chi connectivity index (χ1) is 18.6. The van der Waals surface area contributed by atoms with Crippen LogP contribution in [0.2, 0.25) is 0 Å². The van der Waals surface area contributed by atoms with Crippen molar-refractivity contribution in [2.75, 3.05) is 13.2 Å². The lowest BCUT2D eigenvalue weighted by molar-refractivity contribution is -0.143. The van der Waals surface area contributed by atoms with Crippen molar-refractivity contribution in [3.63, 3.8) is 0 Å². The Hall–Kier alpha value is -1.95. The summed E-state index contributed by atoms with van der Waals surface area (Å²) in [5, 5.41) is 0. The molecule has 0 heterocycles. The second kappa shape index (κ2) is 13.4. The van der Waals surface area contributed by atoms with E-state index in [-0.39, 0.29) is 25.5 Å². The van der Waals surface area contributed by atoms with Gasteiger partial charge in [-0.3, -0.25) is 0 Å². The standard InChI is InChI=1S/C24H25F7O7S2/c1-13(16-8-17(23(26,27)28)10-18(9-16)24(29,30)31)38-21-7-4-15(11-36-39(32)33)20(12-37-40(34)35)22(21)14-2-5-19(25)6-3-14/h2-3,5-6,8-10,13,15,20-22H,4,7,11-12H2,1H3,(H,32,33)(H,34,35)/p-2/t13-,15-,20-,21+,22+/m1/s1. The molecule has 0 aromatic heterocycles. The maximum atomic E-state index is 13.7. The molecule has 16 heteroatoms. The van der Waals surface area contributed by atoms with Crippen molar-refractivity contribution < 1.29 is 61.4 Å². The molecule has 0 N–H and O–H groups in total. The summed E-state index contributed by atoms with van der Waals surface area (Å²) in [6, 6.07) is 6.04. The van der Waals surface area contributed by atoms with E-state index in [9.17, 15) is 48.3 Å². The van der Waals surface area contributed by atoms with Crippen molar-refractivity contribution in [1.29, 1.82) is 0 Å². The summed E-state index contributed by atoms with van der Waals surface area (Å²) in [6.45, 7) is 0.428. The first-order valence-electron chi connectivity index (χ1n) is 11.7. The Balaban J connectivity index is 2.01. The molecule has 2 aromatic rings. The average molecular weight is 621 g/mol. The summed E-state index contributed by atoms with van der Waals surface area (Å²) in [7, 11) is 0. The fourth-order valence-electron chi connectivity index (χ4n) is 4.92. The highest BCUT2D eigenvalue weighted by molar-refractivity contribution is 7.74. The van der Waals surface area contributed by atoms with Crippen LogP contribution in [0.4, 0.5) is 30.7 Å². The van der Waals surface area contributed by atoms with Gasteiger partial charge in [-0.25, -0.2) is 12.8 Å². The van der Waals surface area contributed by atoms with E-state index in [1.54, 1.807) is 0 Å². The number of hydrogen-bond donors (Lipinski definition) is 0. The van der Waals surface area contributed by atoms with Gasteiger partial charge in [0.1, 0.15) is 5.82 Å². The highest BCUT2D eigenvalue weighted by Crippen LogP contribution is 2.46. The molecule has 2 unspecified atom stereocenters. The van der Waals surface area contributed by atoms with Crippen LogP contribution in [-0.2, 0) is 48.2 Å². The molecule has 40 heavy (non-hydrogen) atoms. The molecule has 0 radical (unpaired) electrons. The number of rotatable bonds is 10. The molecule has 1 aliphatic rings. The van der Waals surface area contributed by atoms with Gasteiger partial charge in [0.2, 0.25) is 0 Å². The van der Waals surface area contributed by atoms with Crippen LogP contribution in [0.25, 0.3) is 0 Å². The highest BCUT2D eigenvalue weighted by atomic mass is 32.2. The maximum absolute atomic E-state index is 13.7. The molecule has 7 atom stereocenters. The van der Waals surface area contributed by atoms with E-state index >= 15 is 0 Å². The van der Waals surface area contributed by atoms with Gasteiger partial charge in [-0.1, -0.05) is 12.1 Å². The molecule has 7 nitrogen and oxygen atoms in total. The fraction of sp³-hybridized carbons (Fsp3) is 0.500.